The van der Waals surface area contributed by atoms with E-state index in [1.54, 1.807) is 0 Å². The molecule has 0 fully saturated rings. The molecule has 70 valence electrons. The number of hydrogen-bond acceptors (Lipinski definition) is 1. The first-order chi connectivity index (χ1) is 5.88. The van der Waals surface area contributed by atoms with Gasteiger partial charge in [0.05, 0.1) is 11.3 Å². The molecule has 13 heavy (non-hydrogen) atoms. The molecule has 0 bridgehead atoms. The van der Waals surface area contributed by atoms with E-state index in [-0.39, 0.29) is 0 Å². The highest BCUT2D eigenvalue weighted by molar-refractivity contribution is 6.83. The van der Waals surface area contributed by atoms with Crippen molar-refractivity contribution in [1.29, 1.82) is 0 Å². The van der Waals surface area contributed by atoms with E-state index in [0.717, 1.165) is 11.3 Å². The van der Waals surface area contributed by atoms with Crippen molar-refractivity contribution in [2.24, 2.45) is 7.05 Å². The van der Waals surface area contributed by atoms with Gasteiger partial charge in [-0.25, -0.2) is 0 Å². The summed E-state index contributed by atoms with van der Waals surface area (Å²) in [7, 11) is 0.671. The van der Waals surface area contributed by atoms with Crippen LogP contribution >= 0.6 is 0 Å². The first-order valence-corrected chi connectivity index (χ1v) is 7.92. The van der Waals surface area contributed by atoms with Gasteiger partial charge in [-0.3, -0.25) is 4.68 Å². The van der Waals surface area contributed by atoms with Crippen molar-refractivity contribution in [3.05, 3.63) is 17.5 Å². The van der Waals surface area contributed by atoms with Gasteiger partial charge in [0.1, 0.15) is 8.07 Å². The summed E-state index contributed by atoms with van der Waals surface area (Å²) < 4.78 is 1.81. The summed E-state index contributed by atoms with van der Waals surface area (Å²) in [6, 6.07) is 0. The Bertz CT molecular complexity index is 361. The first-order valence-electron chi connectivity index (χ1n) is 4.42. The van der Waals surface area contributed by atoms with Crippen LogP contribution < -0.4 is 0 Å². The van der Waals surface area contributed by atoms with Crippen molar-refractivity contribution in [3.8, 4) is 11.5 Å². The molecule has 0 saturated heterocycles. The summed E-state index contributed by atoms with van der Waals surface area (Å²) in [5, 5.41) is 4.24. The Kier molecular flexibility index (Phi) is 2.62. The van der Waals surface area contributed by atoms with E-state index in [0.29, 0.717) is 0 Å². The van der Waals surface area contributed by atoms with Gasteiger partial charge in [0.2, 0.25) is 0 Å². The van der Waals surface area contributed by atoms with Gasteiger partial charge in [0.25, 0.3) is 0 Å². The predicted octanol–water partition coefficient (Wildman–Crippen LogP) is 1.96. The van der Waals surface area contributed by atoms with Gasteiger partial charge in [-0.2, -0.15) is 5.10 Å². The monoisotopic (exact) mass is 192 g/mol. The predicted molar refractivity (Wildman–Crippen MR) is 58.2 cm³/mol. The minimum absolute atomic E-state index is 1.02. The van der Waals surface area contributed by atoms with E-state index in [1.165, 1.54) is 0 Å². The summed E-state index contributed by atoms with van der Waals surface area (Å²) in [4.78, 5) is 0. The number of rotatable bonds is 0. The van der Waals surface area contributed by atoms with Crippen molar-refractivity contribution >= 4 is 8.07 Å². The van der Waals surface area contributed by atoms with Crippen LogP contribution in [-0.4, -0.2) is 17.9 Å². The summed E-state index contributed by atoms with van der Waals surface area (Å²) in [6.07, 6.45) is 1.97. The molecule has 1 aromatic heterocycles. The quantitative estimate of drug-likeness (QED) is 0.454. The van der Waals surface area contributed by atoms with E-state index in [4.69, 9.17) is 0 Å². The Morgan fingerprint density at radius 3 is 2.38 bits per heavy atom. The zero-order valence-electron chi connectivity index (χ0n) is 8.97. The van der Waals surface area contributed by atoms with Gasteiger partial charge in [0, 0.05) is 13.2 Å². The van der Waals surface area contributed by atoms with Gasteiger partial charge in [-0.1, -0.05) is 25.6 Å². The van der Waals surface area contributed by atoms with E-state index in [9.17, 15) is 0 Å². The van der Waals surface area contributed by atoms with Gasteiger partial charge < -0.3 is 0 Å². The molecule has 1 aromatic rings. The Morgan fingerprint density at radius 2 is 2.00 bits per heavy atom. The second-order valence-corrected chi connectivity index (χ2v) is 9.05. The smallest absolute Gasteiger partial charge is 0.129 e. The average Bonchev–Trinajstić information content (AvgIpc) is 2.24. The lowest BCUT2D eigenvalue weighted by molar-refractivity contribution is 0.756. The molecular formula is C10H16N2Si. The Hall–Kier alpha value is -1.01. The normalized spacial score (nSPS) is 10.8. The summed E-state index contributed by atoms with van der Waals surface area (Å²) in [5.74, 6) is 3.20. The maximum Gasteiger partial charge on any atom is 0.129 e. The third kappa shape index (κ3) is 3.08. The zero-order valence-corrected chi connectivity index (χ0v) is 9.97. The minimum atomic E-state index is -1.25. The highest BCUT2D eigenvalue weighted by Gasteiger charge is 2.08. The van der Waals surface area contributed by atoms with Crippen LogP contribution in [0.3, 0.4) is 0 Å². The maximum absolute atomic E-state index is 4.24. The molecule has 0 saturated carbocycles. The fourth-order valence-electron chi connectivity index (χ4n) is 0.977. The van der Waals surface area contributed by atoms with Gasteiger partial charge in [-0.05, 0) is 6.92 Å². The third-order valence-electron chi connectivity index (χ3n) is 1.59. The fraction of sp³-hybridized carbons (Fsp3) is 0.500. The number of nitrogens with zero attached hydrogens (tertiary/aromatic N) is 2. The van der Waals surface area contributed by atoms with Crippen LogP contribution in [0.5, 0.6) is 0 Å². The molecule has 0 radical (unpaired) electrons. The molecular weight excluding hydrogens is 176 g/mol. The van der Waals surface area contributed by atoms with Crippen LogP contribution in [0.2, 0.25) is 19.6 Å². The van der Waals surface area contributed by atoms with E-state index in [1.807, 2.05) is 24.9 Å². The Balaban J connectivity index is 2.96. The first kappa shape index (κ1) is 10.1. The van der Waals surface area contributed by atoms with Gasteiger partial charge in [0.15, 0.2) is 0 Å². The molecule has 0 aliphatic heterocycles. The largest absolute Gasteiger partial charge is 0.274 e. The molecule has 0 N–H and O–H groups in total. The van der Waals surface area contributed by atoms with E-state index >= 15 is 0 Å². The van der Waals surface area contributed by atoms with Crippen molar-refractivity contribution < 1.29 is 0 Å². The molecule has 1 rings (SSSR count). The molecule has 2 nitrogen and oxygen atoms in total. The van der Waals surface area contributed by atoms with Crippen molar-refractivity contribution in [1.82, 2.24) is 9.78 Å². The van der Waals surface area contributed by atoms with Crippen LogP contribution in [0.1, 0.15) is 11.3 Å². The molecule has 3 heteroatoms. The second kappa shape index (κ2) is 3.39. The molecule has 0 amide bonds. The molecule has 1 heterocycles. The lowest BCUT2D eigenvalue weighted by Gasteiger charge is -2.02. The summed E-state index contributed by atoms with van der Waals surface area (Å²) in [6.45, 7) is 8.72. The number of aryl methyl sites for hydroxylation is 2. The zero-order chi connectivity index (χ0) is 10.1. The van der Waals surface area contributed by atoms with Crippen LogP contribution in [0.25, 0.3) is 0 Å². The van der Waals surface area contributed by atoms with Crippen LogP contribution in [0.4, 0.5) is 0 Å². The highest BCUT2D eigenvalue weighted by atomic mass is 28.3. The van der Waals surface area contributed by atoms with Crippen molar-refractivity contribution in [2.45, 2.75) is 26.6 Å². The third-order valence-corrected chi connectivity index (χ3v) is 2.46. The fourth-order valence-corrected chi connectivity index (χ4v) is 1.49. The lowest BCUT2D eigenvalue weighted by atomic mass is 10.3. The molecule has 0 aliphatic carbocycles. The number of hydrogen-bond donors (Lipinski definition) is 0. The summed E-state index contributed by atoms with van der Waals surface area (Å²) >= 11 is 0. The second-order valence-electron chi connectivity index (χ2n) is 4.30. The molecule has 0 aromatic carbocycles. The van der Waals surface area contributed by atoms with Crippen LogP contribution in [0, 0.1) is 18.4 Å². The van der Waals surface area contributed by atoms with Gasteiger partial charge in [-0.15, -0.1) is 5.54 Å². The molecule has 0 unspecified atom stereocenters. The topological polar surface area (TPSA) is 17.8 Å². The van der Waals surface area contributed by atoms with E-state index < -0.39 is 8.07 Å². The van der Waals surface area contributed by atoms with Crippen molar-refractivity contribution in [3.63, 3.8) is 0 Å². The maximum atomic E-state index is 4.24. The highest BCUT2D eigenvalue weighted by Crippen LogP contribution is 2.03. The molecule has 0 spiro atoms. The Morgan fingerprint density at radius 1 is 1.38 bits per heavy atom. The van der Waals surface area contributed by atoms with Crippen LogP contribution in [0.15, 0.2) is 6.20 Å². The Labute approximate surface area is 81.0 Å². The summed E-state index contributed by atoms with van der Waals surface area (Å²) in [5.41, 5.74) is 5.41. The SMILES string of the molecule is Cc1nn(C)cc1C#C[Si](C)(C)C. The molecule has 0 aliphatic rings. The average molecular weight is 192 g/mol. The number of aromatic nitrogens is 2. The molecule has 0 atom stereocenters. The van der Waals surface area contributed by atoms with Crippen molar-refractivity contribution in [2.75, 3.05) is 0 Å². The van der Waals surface area contributed by atoms with Crippen LogP contribution in [-0.2, 0) is 7.05 Å². The minimum Gasteiger partial charge on any atom is -0.274 e. The van der Waals surface area contributed by atoms with E-state index in [2.05, 4.69) is 36.2 Å². The van der Waals surface area contributed by atoms with Gasteiger partial charge >= 0.3 is 0 Å². The lowest BCUT2D eigenvalue weighted by Crippen LogP contribution is -2.16. The standard InChI is InChI=1S/C10H16N2Si/c1-9-10(8-12(2)11-9)6-7-13(3,4)5/h8H,1-5H3.